The molecular formula is C64H122O6. The predicted octanol–water partition coefficient (Wildman–Crippen LogP) is 21.3. The number of carbonyl (C=O) groups is 3. The van der Waals surface area contributed by atoms with Gasteiger partial charge >= 0.3 is 17.9 Å². The summed E-state index contributed by atoms with van der Waals surface area (Å²) in [4.78, 5) is 38.3. The van der Waals surface area contributed by atoms with E-state index in [0.29, 0.717) is 19.3 Å². The number of carbonyl (C=O) groups excluding carboxylic acids is 3. The summed E-state index contributed by atoms with van der Waals surface area (Å²) in [5, 5.41) is 0. The van der Waals surface area contributed by atoms with Crippen molar-refractivity contribution in [1.82, 2.24) is 0 Å². The number of hydrogen-bond acceptors (Lipinski definition) is 6. The van der Waals surface area contributed by atoms with Gasteiger partial charge in [-0.2, -0.15) is 0 Å². The van der Waals surface area contributed by atoms with Crippen LogP contribution in [0.1, 0.15) is 361 Å². The van der Waals surface area contributed by atoms with Crippen molar-refractivity contribution in [3.05, 3.63) is 12.2 Å². The summed E-state index contributed by atoms with van der Waals surface area (Å²) in [7, 11) is 0. The van der Waals surface area contributed by atoms with E-state index in [1.165, 1.54) is 263 Å². The lowest BCUT2D eigenvalue weighted by Gasteiger charge is -2.18. The lowest BCUT2D eigenvalue weighted by molar-refractivity contribution is -0.167. The molecule has 0 fully saturated rings. The van der Waals surface area contributed by atoms with E-state index < -0.39 is 6.10 Å². The fraction of sp³-hybridized carbons (Fsp3) is 0.922. The van der Waals surface area contributed by atoms with Crippen molar-refractivity contribution in [3.8, 4) is 0 Å². The second-order valence-electron chi connectivity index (χ2n) is 21.7. The van der Waals surface area contributed by atoms with E-state index in [2.05, 4.69) is 32.9 Å². The number of esters is 3. The minimum atomic E-state index is -0.766. The molecule has 0 heterocycles. The molecule has 0 spiro atoms. The monoisotopic (exact) mass is 987 g/mol. The number of hydrogen-bond donors (Lipinski definition) is 0. The Hall–Kier alpha value is -1.85. The van der Waals surface area contributed by atoms with Crippen LogP contribution in [0.5, 0.6) is 0 Å². The van der Waals surface area contributed by atoms with Gasteiger partial charge in [-0.15, -0.1) is 0 Å². The van der Waals surface area contributed by atoms with Gasteiger partial charge < -0.3 is 14.2 Å². The van der Waals surface area contributed by atoms with Crippen LogP contribution < -0.4 is 0 Å². The van der Waals surface area contributed by atoms with Gasteiger partial charge in [0.2, 0.25) is 0 Å². The van der Waals surface area contributed by atoms with E-state index in [1.54, 1.807) is 0 Å². The molecule has 414 valence electrons. The lowest BCUT2D eigenvalue weighted by atomic mass is 10.0. The Balaban J connectivity index is 4.30. The van der Waals surface area contributed by atoms with Crippen molar-refractivity contribution in [1.29, 1.82) is 0 Å². The maximum atomic E-state index is 12.9. The van der Waals surface area contributed by atoms with Crippen molar-refractivity contribution < 1.29 is 28.6 Å². The maximum absolute atomic E-state index is 12.9. The van der Waals surface area contributed by atoms with Crippen molar-refractivity contribution in [2.24, 2.45) is 0 Å². The van der Waals surface area contributed by atoms with E-state index in [4.69, 9.17) is 14.2 Å². The van der Waals surface area contributed by atoms with Gasteiger partial charge in [0.05, 0.1) is 0 Å². The topological polar surface area (TPSA) is 78.9 Å². The molecule has 0 aliphatic carbocycles. The quantitative estimate of drug-likeness (QED) is 0.0261. The summed E-state index contributed by atoms with van der Waals surface area (Å²) < 4.78 is 17.0. The number of unbranched alkanes of at least 4 members (excludes halogenated alkanes) is 46. The number of allylic oxidation sites excluding steroid dienone is 2. The van der Waals surface area contributed by atoms with Crippen LogP contribution in [0, 0.1) is 0 Å². The molecule has 0 aliphatic rings. The summed E-state index contributed by atoms with van der Waals surface area (Å²) in [5.74, 6) is -0.835. The highest BCUT2D eigenvalue weighted by Crippen LogP contribution is 2.18. The molecule has 0 radical (unpaired) electrons. The van der Waals surface area contributed by atoms with E-state index in [-0.39, 0.29) is 31.1 Å². The van der Waals surface area contributed by atoms with Crippen LogP contribution in [-0.2, 0) is 28.6 Å². The highest BCUT2D eigenvalue weighted by atomic mass is 16.6. The molecule has 0 aliphatic heterocycles. The lowest BCUT2D eigenvalue weighted by Crippen LogP contribution is -2.30. The fourth-order valence-corrected chi connectivity index (χ4v) is 9.74. The van der Waals surface area contributed by atoms with Gasteiger partial charge in [0.25, 0.3) is 0 Å². The summed E-state index contributed by atoms with van der Waals surface area (Å²) in [6.45, 7) is 6.71. The van der Waals surface area contributed by atoms with Gasteiger partial charge in [-0.05, 0) is 44.9 Å². The molecule has 1 atom stereocenters. The second kappa shape index (κ2) is 59.7. The van der Waals surface area contributed by atoms with Gasteiger partial charge in [-0.3, -0.25) is 14.4 Å². The van der Waals surface area contributed by atoms with E-state index in [1.807, 2.05) is 0 Å². The Morgan fingerprint density at radius 2 is 0.471 bits per heavy atom. The van der Waals surface area contributed by atoms with Gasteiger partial charge in [0.15, 0.2) is 6.10 Å². The Bertz CT molecular complexity index is 1090. The van der Waals surface area contributed by atoms with Crippen molar-refractivity contribution in [3.63, 3.8) is 0 Å². The van der Waals surface area contributed by atoms with Crippen LogP contribution in [0.2, 0.25) is 0 Å². The molecule has 6 heteroatoms. The van der Waals surface area contributed by atoms with Gasteiger partial charge in [-0.25, -0.2) is 0 Å². The van der Waals surface area contributed by atoms with Crippen LogP contribution in [0.15, 0.2) is 12.2 Å². The Kier molecular flexibility index (Phi) is 58.1. The van der Waals surface area contributed by atoms with Crippen LogP contribution >= 0.6 is 0 Å². The van der Waals surface area contributed by atoms with Crippen molar-refractivity contribution in [2.45, 2.75) is 367 Å². The molecular weight excluding hydrogens is 865 g/mol. The Labute approximate surface area is 437 Å². The summed E-state index contributed by atoms with van der Waals surface area (Å²) in [6.07, 6.45) is 69.2. The molecule has 0 unspecified atom stereocenters. The van der Waals surface area contributed by atoms with Gasteiger partial charge in [-0.1, -0.05) is 309 Å². The minimum Gasteiger partial charge on any atom is -0.462 e. The summed E-state index contributed by atoms with van der Waals surface area (Å²) >= 11 is 0. The second-order valence-corrected chi connectivity index (χ2v) is 21.7. The fourth-order valence-electron chi connectivity index (χ4n) is 9.74. The first-order valence-corrected chi connectivity index (χ1v) is 31.7. The SMILES string of the molecule is CCCCCCCC/C=C\CCCCCCCCCCCC(=O)OC[C@@H](COC(=O)CCCCCCCCCCCCCCCCCC)OC(=O)CCCCCCCCCCCCCCCCCCC. The zero-order valence-electron chi connectivity index (χ0n) is 47.6. The molecule has 0 amide bonds. The van der Waals surface area contributed by atoms with E-state index in [9.17, 15) is 14.4 Å². The molecule has 0 rings (SSSR count). The zero-order valence-corrected chi connectivity index (χ0v) is 47.6. The third-order valence-electron chi connectivity index (χ3n) is 14.5. The largest absolute Gasteiger partial charge is 0.462 e. The van der Waals surface area contributed by atoms with Crippen LogP contribution in [-0.4, -0.2) is 37.2 Å². The first-order valence-electron chi connectivity index (χ1n) is 31.7. The van der Waals surface area contributed by atoms with Crippen LogP contribution in [0.3, 0.4) is 0 Å². The third-order valence-corrected chi connectivity index (χ3v) is 14.5. The minimum absolute atomic E-state index is 0.0638. The summed E-state index contributed by atoms with van der Waals surface area (Å²) in [5.41, 5.74) is 0. The van der Waals surface area contributed by atoms with Crippen molar-refractivity contribution >= 4 is 17.9 Å². The summed E-state index contributed by atoms with van der Waals surface area (Å²) in [6, 6.07) is 0. The molecule has 0 bridgehead atoms. The molecule has 0 saturated carbocycles. The molecule has 70 heavy (non-hydrogen) atoms. The molecule has 0 saturated heterocycles. The highest BCUT2D eigenvalue weighted by molar-refractivity contribution is 5.71. The molecule has 0 aromatic carbocycles. The Morgan fingerprint density at radius 1 is 0.271 bits per heavy atom. The molecule has 0 aromatic heterocycles. The predicted molar refractivity (Wildman–Crippen MR) is 303 cm³/mol. The zero-order chi connectivity index (χ0) is 50.7. The van der Waals surface area contributed by atoms with E-state index in [0.717, 1.165) is 57.8 Å². The van der Waals surface area contributed by atoms with Crippen LogP contribution in [0.25, 0.3) is 0 Å². The van der Waals surface area contributed by atoms with Gasteiger partial charge in [0.1, 0.15) is 13.2 Å². The van der Waals surface area contributed by atoms with Crippen LogP contribution in [0.4, 0.5) is 0 Å². The van der Waals surface area contributed by atoms with Gasteiger partial charge in [0, 0.05) is 19.3 Å². The number of ether oxygens (including phenoxy) is 3. The molecule has 0 aromatic rings. The Morgan fingerprint density at radius 3 is 0.714 bits per heavy atom. The number of rotatable bonds is 59. The van der Waals surface area contributed by atoms with Crippen molar-refractivity contribution in [2.75, 3.05) is 13.2 Å². The average molecular weight is 988 g/mol. The average Bonchev–Trinajstić information content (AvgIpc) is 3.36. The first-order chi connectivity index (χ1) is 34.5. The first kappa shape index (κ1) is 68.2. The highest BCUT2D eigenvalue weighted by Gasteiger charge is 2.19. The smallest absolute Gasteiger partial charge is 0.306 e. The standard InChI is InChI=1S/C64H122O6/c1-4-7-10-13-16-19-22-25-28-31-32-34-36-39-42-45-48-51-54-57-63(66)69-60-61(59-68-62(65)56-53-50-47-44-41-38-35-30-27-24-21-18-15-12-9-6-3)70-64(67)58-55-52-49-46-43-40-37-33-29-26-23-20-17-14-11-8-5-2/h25,28,61H,4-24,26-27,29-60H2,1-3H3/b28-25-/t61-/m1/s1. The van der Waals surface area contributed by atoms with E-state index >= 15 is 0 Å². The maximum Gasteiger partial charge on any atom is 0.306 e. The molecule has 0 N–H and O–H groups in total. The molecule has 6 nitrogen and oxygen atoms in total. The normalized spacial score (nSPS) is 12.0. The third kappa shape index (κ3) is 57.1.